The lowest BCUT2D eigenvalue weighted by molar-refractivity contribution is -0.247. The van der Waals surface area contributed by atoms with E-state index in [9.17, 15) is 28.8 Å². The molecule has 0 unspecified atom stereocenters. The number of hydrogen-bond acceptors (Lipinski definition) is 13. The van der Waals surface area contributed by atoms with Crippen LogP contribution < -0.4 is 0 Å². The fraction of sp³-hybridized carbons (Fsp3) is 0.697. The van der Waals surface area contributed by atoms with E-state index in [-0.39, 0.29) is 19.3 Å². The third kappa shape index (κ3) is 6.05. The van der Waals surface area contributed by atoms with Crippen molar-refractivity contribution in [1.29, 1.82) is 0 Å². The molecule has 1 saturated carbocycles. The molecule has 46 heavy (non-hydrogen) atoms. The summed E-state index contributed by atoms with van der Waals surface area (Å²) in [4.78, 5) is 77.1. The second-order valence-corrected chi connectivity index (χ2v) is 13.1. The first-order valence-corrected chi connectivity index (χ1v) is 15.5. The van der Waals surface area contributed by atoms with Crippen LogP contribution in [0.3, 0.4) is 0 Å². The second-order valence-electron chi connectivity index (χ2n) is 13.1. The number of allylic oxidation sites excluding steroid dienone is 1. The molecule has 2 saturated heterocycles. The van der Waals surface area contributed by atoms with Crippen LogP contribution in [0.1, 0.15) is 81.1 Å². The molecular formula is C33H44O13. The molecule has 0 aromatic rings. The van der Waals surface area contributed by atoms with Gasteiger partial charge >= 0.3 is 35.8 Å². The Balaban J connectivity index is 2.05. The van der Waals surface area contributed by atoms with E-state index in [2.05, 4.69) is 6.58 Å². The average Bonchev–Trinajstić information content (AvgIpc) is 3.52. The lowest BCUT2D eigenvalue weighted by Crippen LogP contribution is -2.68. The molecule has 13 nitrogen and oxygen atoms in total. The number of carbonyl (C=O) groups is 6. The van der Waals surface area contributed by atoms with Gasteiger partial charge in [-0.25, -0.2) is 4.79 Å². The van der Waals surface area contributed by atoms with Gasteiger partial charge in [-0.05, 0) is 26.3 Å². The van der Waals surface area contributed by atoms with Gasteiger partial charge in [0.1, 0.15) is 30.5 Å². The quantitative estimate of drug-likeness (QED) is 0.163. The number of hydrogen-bond donors (Lipinski definition) is 0. The van der Waals surface area contributed by atoms with Crippen LogP contribution in [0.4, 0.5) is 0 Å². The molecule has 11 atom stereocenters. The van der Waals surface area contributed by atoms with Crippen molar-refractivity contribution in [2.45, 2.75) is 129 Å². The van der Waals surface area contributed by atoms with E-state index >= 15 is 0 Å². The topological polar surface area (TPSA) is 170 Å². The maximum atomic E-state index is 13.3. The summed E-state index contributed by atoms with van der Waals surface area (Å²) >= 11 is 0. The summed E-state index contributed by atoms with van der Waals surface area (Å²) in [6.45, 7) is 15.2. The molecule has 0 N–H and O–H groups in total. The Labute approximate surface area is 268 Å². The third-order valence-corrected chi connectivity index (χ3v) is 9.84. The van der Waals surface area contributed by atoms with E-state index < -0.39 is 101 Å². The Morgan fingerprint density at radius 3 is 2.04 bits per heavy atom. The highest BCUT2D eigenvalue weighted by Crippen LogP contribution is 2.66. The zero-order valence-electron chi connectivity index (χ0n) is 27.6. The number of epoxide rings is 1. The van der Waals surface area contributed by atoms with Crippen molar-refractivity contribution in [2.75, 3.05) is 0 Å². The monoisotopic (exact) mass is 648 g/mol. The van der Waals surface area contributed by atoms with Gasteiger partial charge in [-0.2, -0.15) is 0 Å². The van der Waals surface area contributed by atoms with E-state index in [4.69, 9.17) is 33.2 Å². The molecule has 13 heteroatoms. The van der Waals surface area contributed by atoms with Crippen LogP contribution in [0, 0.1) is 17.3 Å². The van der Waals surface area contributed by atoms with Gasteiger partial charge in [-0.3, -0.25) is 24.0 Å². The lowest BCUT2D eigenvalue weighted by atomic mass is 9.52. The van der Waals surface area contributed by atoms with Crippen LogP contribution in [-0.2, 0) is 61.9 Å². The predicted molar refractivity (Wildman–Crippen MR) is 157 cm³/mol. The molecule has 4 rings (SSSR count). The largest absolute Gasteiger partial charge is 0.462 e. The molecule has 0 amide bonds. The first-order valence-electron chi connectivity index (χ1n) is 15.5. The maximum Gasteiger partial charge on any atom is 0.342 e. The molecule has 1 spiro atoms. The van der Waals surface area contributed by atoms with Crippen LogP contribution in [0.15, 0.2) is 24.3 Å². The zero-order valence-corrected chi connectivity index (χ0v) is 27.6. The molecule has 2 aliphatic carbocycles. The molecule has 0 aromatic heterocycles. The maximum absolute atomic E-state index is 13.3. The molecule has 0 aromatic carbocycles. The normalized spacial score (nSPS) is 40.6. The average molecular weight is 649 g/mol. The minimum absolute atomic E-state index is 0.0241. The summed E-state index contributed by atoms with van der Waals surface area (Å²) in [5.74, 6) is -5.64. The Morgan fingerprint density at radius 1 is 0.913 bits per heavy atom. The number of rotatable bonds is 8. The molecule has 2 heterocycles. The van der Waals surface area contributed by atoms with Gasteiger partial charge in [0.05, 0.1) is 5.41 Å². The number of ether oxygens (including phenoxy) is 7. The van der Waals surface area contributed by atoms with E-state index in [1.807, 2.05) is 0 Å². The zero-order chi connectivity index (χ0) is 34.4. The molecule has 2 aliphatic heterocycles. The van der Waals surface area contributed by atoms with Crippen LogP contribution in [0.2, 0.25) is 0 Å². The Bertz CT molecular complexity index is 1340. The van der Waals surface area contributed by atoms with Gasteiger partial charge in [0.15, 0.2) is 17.3 Å². The third-order valence-electron chi connectivity index (χ3n) is 9.84. The fourth-order valence-electron chi connectivity index (χ4n) is 7.91. The Hall–Kier alpha value is -3.74. The van der Waals surface area contributed by atoms with Crippen molar-refractivity contribution >= 4 is 35.8 Å². The molecular weight excluding hydrogens is 604 g/mol. The molecule has 0 bridgehead atoms. The fourth-order valence-corrected chi connectivity index (χ4v) is 7.91. The predicted octanol–water partition coefficient (Wildman–Crippen LogP) is 3.06. The molecule has 0 radical (unpaired) electrons. The van der Waals surface area contributed by atoms with Crippen molar-refractivity contribution in [3.63, 3.8) is 0 Å². The van der Waals surface area contributed by atoms with E-state index in [1.54, 1.807) is 39.8 Å². The van der Waals surface area contributed by atoms with E-state index in [0.717, 1.165) is 0 Å². The summed E-state index contributed by atoms with van der Waals surface area (Å²) in [5, 5.41) is 0. The van der Waals surface area contributed by atoms with Gasteiger partial charge in [-0.15, -0.1) is 6.58 Å². The van der Waals surface area contributed by atoms with E-state index in [1.165, 1.54) is 27.7 Å². The second kappa shape index (κ2) is 12.8. The number of fused-ring (bicyclic) bond motifs is 1. The molecule has 254 valence electrons. The van der Waals surface area contributed by atoms with Crippen molar-refractivity contribution in [3.8, 4) is 0 Å². The van der Waals surface area contributed by atoms with Gasteiger partial charge in [0, 0.05) is 58.8 Å². The van der Waals surface area contributed by atoms with Crippen molar-refractivity contribution in [2.24, 2.45) is 17.3 Å². The molecule has 4 aliphatic rings. The van der Waals surface area contributed by atoms with Gasteiger partial charge in [0.25, 0.3) is 0 Å². The SMILES string of the molecule is C=CCCC(=O)O[C@H]1C[C@H](OC(C)=O)[C@@]2(C)[C@H]([C@H]1C)[C@H](OC(C)=O)[C@]13O[C@@]1(C)C(=O)O[C@H]3/C=C(/C)C[C@H](OC(C)=O)[C@@H]2OC(C)=O. The summed E-state index contributed by atoms with van der Waals surface area (Å²) in [6.07, 6.45) is -3.07. The summed E-state index contributed by atoms with van der Waals surface area (Å²) in [5.41, 5.74) is -3.95. The van der Waals surface area contributed by atoms with Crippen LogP contribution in [-0.4, -0.2) is 83.6 Å². The highest BCUT2D eigenvalue weighted by Gasteiger charge is 2.87. The summed E-state index contributed by atoms with van der Waals surface area (Å²) in [6, 6.07) is 0. The first-order chi connectivity index (χ1) is 21.4. The number of carbonyl (C=O) groups excluding carboxylic acids is 6. The highest BCUT2D eigenvalue weighted by molar-refractivity contribution is 5.89. The highest BCUT2D eigenvalue weighted by atomic mass is 16.7. The van der Waals surface area contributed by atoms with Crippen molar-refractivity contribution in [1.82, 2.24) is 0 Å². The molecule has 3 fully saturated rings. The first kappa shape index (κ1) is 35.1. The van der Waals surface area contributed by atoms with E-state index in [0.29, 0.717) is 12.0 Å². The van der Waals surface area contributed by atoms with Crippen LogP contribution in [0.25, 0.3) is 0 Å². The van der Waals surface area contributed by atoms with Crippen LogP contribution in [0.5, 0.6) is 0 Å². The summed E-state index contributed by atoms with van der Waals surface area (Å²) in [7, 11) is 0. The summed E-state index contributed by atoms with van der Waals surface area (Å²) < 4.78 is 41.9. The standard InChI is InChI=1S/C33H44O13/c1-10-11-12-26(38)44-22-15-24(41-19(5)35)31(8)27(17(22)3)29(43-21(7)37)33-25(45-30(39)32(33,9)46-33)14-16(2)13-23(40-18(4)34)28(31)42-20(6)36/h10,14,17,22-25,27-29H,1,11-13,15H2,2-9H3/b16-14-/t17-,22-,23-,24-,25-,27+,28-,29-,31-,32-,33-/m0/s1. The lowest BCUT2D eigenvalue weighted by Gasteiger charge is -2.57. The van der Waals surface area contributed by atoms with Crippen LogP contribution >= 0.6 is 0 Å². The number of esters is 6. The smallest absolute Gasteiger partial charge is 0.342 e. The minimum atomic E-state index is -1.54. The van der Waals surface area contributed by atoms with Gasteiger partial charge in [-0.1, -0.05) is 25.5 Å². The minimum Gasteiger partial charge on any atom is -0.462 e. The van der Waals surface area contributed by atoms with Crippen molar-refractivity contribution in [3.05, 3.63) is 24.3 Å². The van der Waals surface area contributed by atoms with Gasteiger partial charge in [0.2, 0.25) is 0 Å². The van der Waals surface area contributed by atoms with Gasteiger partial charge < -0.3 is 33.2 Å². The van der Waals surface area contributed by atoms with Crippen molar-refractivity contribution < 1.29 is 61.9 Å². The Kier molecular flexibility index (Phi) is 9.78. The Morgan fingerprint density at radius 2 is 1.50 bits per heavy atom.